The molecule has 0 aromatic heterocycles. The van der Waals surface area contributed by atoms with E-state index in [0.717, 1.165) is 5.56 Å². The summed E-state index contributed by atoms with van der Waals surface area (Å²) in [5.41, 5.74) is 1.08. The van der Waals surface area contributed by atoms with Gasteiger partial charge in [-0.2, -0.15) is 0 Å². The Bertz CT molecular complexity index is 926. The Balaban J connectivity index is 1.80. The van der Waals surface area contributed by atoms with Crippen LogP contribution in [0.2, 0.25) is 0 Å². The molecule has 1 atom stereocenters. The van der Waals surface area contributed by atoms with E-state index in [-0.39, 0.29) is 24.6 Å². The van der Waals surface area contributed by atoms with Crippen LogP contribution in [0.15, 0.2) is 54.6 Å². The Labute approximate surface area is 163 Å². The van der Waals surface area contributed by atoms with E-state index >= 15 is 0 Å². The monoisotopic (exact) mass is 403 g/mol. The largest absolute Gasteiger partial charge is 0.465 e. The van der Waals surface area contributed by atoms with Crippen LogP contribution < -0.4 is 4.74 Å². The molecule has 1 aliphatic rings. The van der Waals surface area contributed by atoms with Crippen LogP contribution in [0, 0.1) is 0 Å². The van der Waals surface area contributed by atoms with Gasteiger partial charge >= 0.3 is 11.9 Å². The molecule has 8 heteroatoms. The zero-order chi connectivity index (χ0) is 20.1. The van der Waals surface area contributed by atoms with E-state index in [1.165, 1.54) is 31.4 Å². The summed E-state index contributed by atoms with van der Waals surface area (Å²) < 4.78 is 33.7. The van der Waals surface area contributed by atoms with Crippen molar-refractivity contribution < 1.29 is 27.5 Å². The standard InChI is InChI=1S/C20H21NO6S/c1-26-19(22)16-7-9-17(10-8-16)27-20(23)18(15-5-3-2-4-6-15)21-11-13-28(24,25)14-12-21/h2-10,18H,11-14H2,1H3. The second kappa shape index (κ2) is 8.53. The smallest absolute Gasteiger partial charge is 0.337 e. The first-order chi connectivity index (χ1) is 13.4. The van der Waals surface area contributed by atoms with Gasteiger partial charge in [-0.25, -0.2) is 18.0 Å². The van der Waals surface area contributed by atoms with Gasteiger partial charge in [-0.1, -0.05) is 30.3 Å². The minimum absolute atomic E-state index is 0.0113. The third-order valence-electron chi connectivity index (χ3n) is 4.58. The van der Waals surface area contributed by atoms with E-state index < -0.39 is 27.8 Å². The number of nitrogens with zero attached hydrogens (tertiary/aromatic N) is 1. The molecule has 1 unspecified atom stereocenters. The Morgan fingerprint density at radius 2 is 1.57 bits per heavy atom. The summed E-state index contributed by atoms with van der Waals surface area (Å²) in [4.78, 5) is 26.3. The van der Waals surface area contributed by atoms with Crippen molar-refractivity contribution in [3.8, 4) is 5.75 Å². The highest BCUT2D eigenvalue weighted by Crippen LogP contribution is 2.25. The van der Waals surface area contributed by atoms with Crippen molar-refractivity contribution in [2.24, 2.45) is 0 Å². The van der Waals surface area contributed by atoms with E-state index in [2.05, 4.69) is 4.74 Å². The molecule has 0 N–H and O–H groups in total. The van der Waals surface area contributed by atoms with E-state index in [1.54, 1.807) is 0 Å². The van der Waals surface area contributed by atoms with Gasteiger partial charge in [-0.3, -0.25) is 4.90 Å². The van der Waals surface area contributed by atoms with Gasteiger partial charge in [-0.05, 0) is 29.8 Å². The van der Waals surface area contributed by atoms with E-state index in [1.807, 2.05) is 35.2 Å². The lowest BCUT2D eigenvalue weighted by molar-refractivity contribution is -0.140. The van der Waals surface area contributed by atoms with Gasteiger partial charge in [0.2, 0.25) is 0 Å². The average molecular weight is 403 g/mol. The zero-order valence-corrected chi connectivity index (χ0v) is 16.2. The van der Waals surface area contributed by atoms with Gasteiger partial charge in [0.05, 0.1) is 24.2 Å². The fourth-order valence-corrected chi connectivity index (χ4v) is 4.29. The lowest BCUT2D eigenvalue weighted by atomic mass is 10.1. The van der Waals surface area contributed by atoms with Crippen molar-refractivity contribution in [2.45, 2.75) is 6.04 Å². The van der Waals surface area contributed by atoms with E-state index in [0.29, 0.717) is 11.3 Å². The molecule has 1 saturated heterocycles. The van der Waals surface area contributed by atoms with Crippen molar-refractivity contribution in [3.05, 3.63) is 65.7 Å². The summed E-state index contributed by atoms with van der Waals surface area (Å²) in [5, 5.41) is 0. The summed E-state index contributed by atoms with van der Waals surface area (Å²) >= 11 is 0. The number of rotatable bonds is 5. The summed E-state index contributed by atoms with van der Waals surface area (Å²) in [6, 6.07) is 14.5. The van der Waals surface area contributed by atoms with Crippen LogP contribution in [0.4, 0.5) is 0 Å². The molecule has 0 amide bonds. The number of carbonyl (C=O) groups excluding carboxylic acids is 2. The minimum atomic E-state index is -3.07. The highest BCUT2D eigenvalue weighted by atomic mass is 32.2. The molecule has 148 valence electrons. The highest BCUT2D eigenvalue weighted by molar-refractivity contribution is 7.91. The van der Waals surface area contributed by atoms with Crippen molar-refractivity contribution in [1.29, 1.82) is 0 Å². The molecule has 2 aromatic carbocycles. The van der Waals surface area contributed by atoms with Crippen LogP contribution in [-0.2, 0) is 19.4 Å². The molecule has 1 heterocycles. The van der Waals surface area contributed by atoms with Crippen molar-refractivity contribution in [3.63, 3.8) is 0 Å². The first kappa shape index (κ1) is 20.0. The van der Waals surface area contributed by atoms with Crippen molar-refractivity contribution in [2.75, 3.05) is 31.7 Å². The lowest BCUT2D eigenvalue weighted by Gasteiger charge is -2.33. The third-order valence-corrected chi connectivity index (χ3v) is 6.19. The summed E-state index contributed by atoms with van der Waals surface area (Å²) in [5.74, 6) is -0.663. The normalized spacial score (nSPS) is 17.5. The second-order valence-corrected chi connectivity index (χ2v) is 8.74. The minimum Gasteiger partial charge on any atom is -0.465 e. The first-order valence-corrected chi connectivity index (χ1v) is 10.6. The molecule has 28 heavy (non-hydrogen) atoms. The number of hydrogen-bond acceptors (Lipinski definition) is 7. The number of hydrogen-bond donors (Lipinski definition) is 0. The van der Waals surface area contributed by atoms with Crippen molar-refractivity contribution >= 4 is 21.8 Å². The molecule has 0 aliphatic carbocycles. The third kappa shape index (κ3) is 4.76. The fourth-order valence-electron chi connectivity index (χ4n) is 3.06. The van der Waals surface area contributed by atoms with Gasteiger partial charge in [-0.15, -0.1) is 0 Å². The Morgan fingerprint density at radius 3 is 2.14 bits per heavy atom. The van der Waals surface area contributed by atoms with Gasteiger partial charge in [0.1, 0.15) is 11.8 Å². The predicted octanol–water partition coefficient (Wildman–Crippen LogP) is 1.85. The SMILES string of the molecule is COC(=O)c1ccc(OC(=O)C(c2ccccc2)N2CCS(=O)(=O)CC2)cc1. The van der Waals surface area contributed by atoms with E-state index in [4.69, 9.17) is 4.74 Å². The molecule has 0 spiro atoms. The summed E-state index contributed by atoms with van der Waals surface area (Å²) in [7, 11) is -1.78. The maximum Gasteiger partial charge on any atom is 0.337 e. The Kier molecular flexibility index (Phi) is 6.11. The molecule has 0 radical (unpaired) electrons. The molecular formula is C20H21NO6S. The maximum absolute atomic E-state index is 12.9. The number of ether oxygens (including phenoxy) is 2. The molecule has 3 rings (SSSR count). The van der Waals surface area contributed by atoms with Gasteiger partial charge in [0.15, 0.2) is 9.84 Å². The molecule has 7 nitrogen and oxygen atoms in total. The number of benzene rings is 2. The summed E-state index contributed by atoms with van der Waals surface area (Å²) in [6.45, 7) is 0.524. The van der Waals surface area contributed by atoms with E-state index in [9.17, 15) is 18.0 Å². The number of carbonyl (C=O) groups is 2. The molecule has 1 fully saturated rings. The van der Waals surface area contributed by atoms with Crippen LogP contribution in [0.1, 0.15) is 22.0 Å². The fraction of sp³-hybridized carbons (Fsp3) is 0.300. The predicted molar refractivity (Wildman–Crippen MR) is 103 cm³/mol. The van der Waals surface area contributed by atoms with Gasteiger partial charge in [0, 0.05) is 13.1 Å². The number of esters is 2. The molecular weight excluding hydrogens is 382 g/mol. The van der Waals surface area contributed by atoms with Crippen LogP contribution in [0.3, 0.4) is 0 Å². The molecule has 0 bridgehead atoms. The topological polar surface area (TPSA) is 90.0 Å². The molecule has 0 saturated carbocycles. The Hall–Kier alpha value is -2.71. The lowest BCUT2D eigenvalue weighted by Crippen LogP contribution is -2.45. The molecule has 1 aliphatic heterocycles. The van der Waals surface area contributed by atoms with Crippen LogP contribution >= 0.6 is 0 Å². The average Bonchev–Trinajstić information content (AvgIpc) is 2.70. The maximum atomic E-state index is 12.9. The van der Waals surface area contributed by atoms with Crippen LogP contribution in [-0.4, -0.2) is 57.0 Å². The zero-order valence-electron chi connectivity index (χ0n) is 15.4. The molecule has 2 aromatic rings. The van der Waals surface area contributed by atoms with Gasteiger partial charge in [0.25, 0.3) is 0 Å². The second-order valence-electron chi connectivity index (χ2n) is 6.44. The first-order valence-electron chi connectivity index (χ1n) is 8.79. The highest BCUT2D eigenvalue weighted by Gasteiger charge is 2.33. The van der Waals surface area contributed by atoms with Crippen molar-refractivity contribution in [1.82, 2.24) is 4.90 Å². The summed E-state index contributed by atoms with van der Waals surface area (Å²) in [6.07, 6.45) is 0. The number of methoxy groups -OCH3 is 1. The Morgan fingerprint density at radius 1 is 0.964 bits per heavy atom. The van der Waals surface area contributed by atoms with Crippen LogP contribution in [0.25, 0.3) is 0 Å². The van der Waals surface area contributed by atoms with Crippen LogP contribution in [0.5, 0.6) is 5.75 Å². The quantitative estimate of drug-likeness (QED) is 0.556. The number of sulfone groups is 1. The van der Waals surface area contributed by atoms with Gasteiger partial charge < -0.3 is 9.47 Å².